The highest BCUT2D eigenvalue weighted by molar-refractivity contribution is 5.98. The number of aromatic nitrogens is 1. The van der Waals surface area contributed by atoms with E-state index in [9.17, 15) is 0 Å². The Balaban J connectivity index is 2.50. The van der Waals surface area contributed by atoms with Crippen molar-refractivity contribution >= 4 is 16.7 Å². The molecule has 0 aliphatic rings. The number of amidine groups is 1. The van der Waals surface area contributed by atoms with Crippen molar-refractivity contribution in [2.45, 2.75) is 20.3 Å². The van der Waals surface area contributed by atoms with E-state index < -0.39 is 0 Å². The number of aryl methyl sites for hydroxylation is 1. The molecule has 0 unspecified atom stereocenters. The maximum Gasteiger partial charge on any atom is 0.144 e. The molecule has 17 heavy (non-hydrogen) atoms. The second-order valence-electron chi connectivity index (χ2n) is 4.11. The van der Waals surface area contributed by atoms with Crippen LogP contribution in [0.2, 0.25) is 0 Å². The zero-order valence-electron chi connectivity index (χ0n) is 10.3. The minimum Gasteiger partial charge on any atom is -0.382 e. The molecule has 0 saturated heterocycles. The van der Waals surface area contributed by atoms with E-state index in [2.05, 4.69) is 29.9 Å². The second-order valence-corrected chi connectivity index (χ2v) is 4.11. The van der Waals surface area contributed by atoms with Crippen LogP contribution in [0.1, 0.15) is 24.6 Å². The lowest BCUT2D eigenvalue weighted by molar-refractivity contribution is 0.929. The fraction of sp³-hybridized carbons (Fsp3) is 0.286. The van der Waals surface area contributed by atoms with Crippen LogP contribution in [0.25, 0.3) is 10.9 Å². The SMILES string of the molecule is CCCN=C(N)c1cc(C)c2ccccc2n1. The first-order chi connectivity index (χ1) is 8.22. The predicted octanol–water partition coefficient (Wildman–Crippen LogP) is 2.66. The fourth-order valence-electron chi connectivity index (χ4n) is 1.79. The average Bonchev–Trinajstić information content (AvgIpc) is 2.36. The summed E-state index contributed by atoms with van der Waals surface area (Å²) < 4.78 is 0. The molecule has 0 atom stereocenters. The van der Waals surface area contributed by atoms with Gasteiger partial charge in [0.1, 0.15) is 11.5 Å². The van der Waals surface area contributed by atoms with E-state index in [1.807, 2.05) is 24.3 Å². The molecule has 1 aromatic carbocycles. The van der Waals surface area contributed by atoms with Crippen LogP contribution in [0.4, 0.5) is 0 Å². The van der Waals surface area contributed by atoms with Gasteiger partial charge < -0.3 is 5.73 Å². The van der Waals surface area contributed by atoms with Crippen molar-refractivity contribution < 1.29 is 0 Å². The Labute approximate surface area is 101 Å². The summed E-state index contributed by atoms with van der Waals surface area (Å²) in [7, 11) is 0. The molecule has 1 heterocycles. The van der Waals surface area contributed by atoms with Crippen molar-refractivity contribution in [2.24, 2.45) is 10.7 Å². The topological polar surface area (TPSA) is 51.3 Å². The van der Waals surface area contributed by atoms with Gasteiger partial charge in [0.15, 0.2) is 0 Å². The van der Waals surface area contributed by atoms with Gasteiger partial charge in [0.25, 0.3) is 0 Å². The summed E-state index contributed by atoms with van der Waals surface area (Å²) in [4.78, 5) is 8.83. The quantitative estimate of drug-likeness (QED) is 0.647. The van der Waals surface area contributed by atoms with Crippen LogP contribution in [0.3, 0.4) is 0 Å². The number of para-hydroxylation sites is 1. The summed E-state index contributed by atoms with van der Waals surface area (Å²) in [5, 5.41) is 1.17. The summed E-state index contributed by atoms with van der Waals surface area (Å²) in [6.45, 7) is 4.90. The number of pyridine rings is 1. The first-order valence-electron chi connectivity index (χ1n) is 5.89. The van der Waals surface area contributed by atoms with Gasteiger partial charge in [-0.1, -0.05) is 25.1 Å². The molecule has 1 aromatic heterocycles. The molecule has 0 radical (unpaired) electrons. The number of benzene rings is 1. The second kappa shape index (κ2) is 4.95. The monoisotopic (exact) mass is 227 g/mol. The van der Waals surface area contributed by atoms with Crippen molar-refractivity contribution in [1.82, 2.24) is 4.98 Å². The van der Waals surface area contributed by atoms with Gasteiger partial charge in [0.05, 0.1) is 5.52 Å². The predicted molar refractivity (Wildman–Crippen MR) is 72.4 cm³/mol. The molecular formula is C14H17N3. The van der Waals surface area contributed by atoms with E-state index in [0.717, 1.165) is 24.2 Å². The molecule has 0 fully saturated rings. The third kappa shape index (κ3) is 2.44. The number of rotatable bonds is 3. The highest BCUT2D eigenvalue weighted by Gasteiger charge is 2.04. The number of fused-ring (bicyclic) bond motifs is 1. The minimum absolute atomic E-state index is 0.528. The summed E-state index contributed by atoms with van der Waals surface area (Å²) in [5.41, 5.74) is 8.85. The minimum atomic E-state index is 0.528. The van der Waals surface area contributed by atoms with Gasteiger partial charge in [-0.05, 0) is 31.0 Å². The molecular weight excluding hydrogens is 210 g/mol. The molecule has 0 spiro atoms. The van der Waals surface area contributed by atoms with Crippen molar-refractivity contribution in [3.63, 3.8) is 0 Å². The van der Waals surface area contributed by atoms with Gasteiger partial charge in [0, 0.05) is 11.9 Å². The third-order valence-electron chi connectivity index (χ3n) is 2.69. The van der Waals surface area contributed by atoms with Crippen LogP contribution in [0.15, 0.2) is 35.3 Å². The van der Waals surface area contributed by atoms with Gasteiger partial charge in [-0.2, -0.15) is 0 Å². The summed E-state index contributed by atoms with van der Waals surface area (Å²) in [6, 6.07) is 10.1. The van der Waals surface area contributed by atoms with E-state index >= 15 is 0 Å². The zero-order valence-corrected chi connectivity index (χ0v) is 10.3. The fourth-order valence-corrected chi connectivity index (χ4v) is 1.79. The number of nitrogens with zero attached hydrogens (tertiary/aromatic N) is 2. The number of nitrogens with two attached hydrogens (primary N) is 1. The maximum atomic E-state index is 5.93. The van der Waals surface area contributed by atoms with Crippen LogP contribution in [-0.2, 0) is 0 Å². The van der Waals surface area contributed by atoms with E-state index in [4.69, 9.17) is 5.73 Å². The molecule has 2 aromatic rings. The molecule has 88 valence electrons. The van der Waals surface area contributed by atoms with Crippen molar-refractivity contribution in [2.75, 3.05) is 6.54 Å². The van der Waals surface area contributed by atoms with Crippen LogP contribution >= 0.6 is 0 Å². The van der Waals surface area contributed by atoms with Crippen LogP contribution in [0, 0.1) is 6.92 Å². The Bertz CT molecular complexity index is 558. The Morgan fingerprint density at radius 3 is 2.88 bits per heavy atom. The summed E-state index contributed by atoms with van der Waals surface area (Å²) in [5.74, 6) is 0.528. The molecule has 2 N–H and O–H groups in total. The van der Waals surface area contributed by atoms with Crippen molar-refractivity contribution in [3.8, 4) is 0 Å². The van der Waals surface area contributed by atoms with Gasteiger partial charge in [0.2, 0.25) is 0 Å². The molecule has 3 heteroatoms. The number of aliphatic imine (C=N–C) groups is 1. The first-order valence-corrected chi connectivity index (χ1v) is 5.89. The highest BCUT2D eigenvalue weighted by atomic mass is 14.9. The normalized spacial score (nSPS) is 12.0. The largest absolute Gasteiger partial charge is 0.382 e. The average molecular weight is 227 g/mol. The van der Waals surface area contributed by atoms with Crippen LogP contribution < -0.4 is 5.73 Å². The lowest BCUT2D eigenvalue weighted by Gasteiger charge is -2.05. The van der Waals surface area contributed by atoms with Gasteiger partial charge in [-0.25, -0.2) is 4.98 Å². The van der Waals surface area contributed by atoms with Crippen LogP contribution in [0.5, 0.6) is 0 Å². The number of hydrogen-bond acceptors (Lipinski definition) is 2. The number of hydrogen-bond donors (Lipinski definition) is 1. The summed E-state index contributed by atoms with van der Waals surface area (Å²) >= 11 is 0. The maximum absolute atomic E-state index is 5.93. The van der Waals surface area contributed by atoms with Crippen LogP contribution in [-0.4, -0.2) is 17.4 Å². The van der Waals surface area contributed by atoms with Gasteiger partial charge in [-0.15, -0.1) is 0 Å². The lowest BCUT2D eigenvalue weighted by atomic mass is 10.1. The lowest BCUT2D eigenvalue weighted by Crippen LogP contribution is -2.16. The Hall–Kier alpha value is -1.90. The Morgan fingerprint density at radius 2 is 2.12 bits per heavy atom. The van der Waals surface area contributed by atoms with Crippen molar-refractivity contribution in [1.29, 1.82) is 0 Å². The van der Waals surface area contributed by atoms with Gasteiger partial charge >= 0.3 is 0 Å². The molecule has 0 bridgehead atoms. The molecule has 3 nitrogen and oxygen atoms in total. The molecule has 0 aliphatic heterocycles. The van der Waals surface area contributed by atoms with E-state index in [1.165, 1.54) is 10.9 Å². The van der Waals surface area contributed by atoms with Gasteiger partial charge in [-0.3, -0.25) is 4.99 Å². The highest BCUT2D eigenvalue weighted by Crippen LogP contribution is 2.17. The van der Waals surface area contributed by atoms with E-state index in [1.54, 1.807) is 0 Å². The molecule has 0 saturated carbocycles. The standard InChI is InChI=1S/C14H17N3/c1-3-8-16-14(15)13-9-10(2)11-6-4-5-7-12(11)17-13/h4-7,9H,3,8H2,1-2H3,(H2,15,16). The van der Waals surface area contributed by atoms with Crippen molar-refractivity contribution in [3.05, 3.63) is 41.6 Å². The smallest absolute Gasteiger partial charge is 0.144 e. The van der Waals surface area contributed by atoms with E-state index in [0.29, 0.717) is 5.84 Å². The third-order valence-corrected chi connectivity index (χ3v) is 2.69. The van der Waals surface area contributed by atoms with E-state index in [-0.39, 0.29) is 0 Å². The Kier molecular flexibility index (Phi) is 3.38. The Morgan fingerprint density at radius 1 is 1.35 bits per heavy atom. The summed E-state index contributed by atoms with van der Waals surface area (Å²) in [6.07, 6.45) is 0.993. The zero-order chi connectivity index (χ0) is 12.3. The molecule has 2 rings (SSSR count). The first kappa shape index (κ1) is 11.6. The molecule has 0 aliphatic carbocycles. The molecule has 0 amide bonds.